The van der Waals surface area contributed by atoms with Crippen molar-refractivity contribution in [3.05, 3.63) is 107 Å². The molecule has 0 radical (unpaired) electrons. The topological polar surface area (TPSA) is 96.5 Å². The van der Waals surface area contributed by atoms with Crippen LogP contribution in [0.4, 0.5) is 0 Å². The van der Waals surface area contributed by atoms with Crippen molar-refractivity contribution in [1.29, 1.82) is 5.41 Å². The van der Waals surface area contributed by atoms with Gasteiger partial charge in [-0.15, -0.1) is 0 Å². The molecule has 8 nitrogen and oxygen atoms in total. The molecule has 1 aliphatic carbocycles. The Kier molecular flexibility index (Phi) is 9.45. The molecule has 0 amide bonds. The molecular formula is C28H32N6O2. The highest BCUT2D eigenvalue weighted by Gasteiger charge is 2.11. The van der Waals surface area contributed by atoms with Crippen LogP contribution in [0.2, 0.25) is 0 Å². The van der Waals surface area contributed by atoms with Gasteiger partial charge in [-0.05, 0) is 66.3 Å². The van der Waals surface area contributed by atoms with Gasteiger partial charge in [0.2, 0.25) is 5.43 Å². The minimum Gasteiger partial charge on any atom is -0.487 e. The van der Waals surface area contributed by atoms with Gasteiger partial charge >= 0.3 is 0 Å². The SMILES string of the molecule is C=NN(/C=C(\CC)n1ccc(=O)c(COC2=CC(=CCC(=C)c3ccncc3)C(=N)C=C2)n1)CCC. The molecule has 0 saturated carbocycles. The summed E-state index contributed by atoms with van der Waals surface area (Å²) < 4.78 is 7.57. The van der Waals surface area contributed by atoms with Gasteiger partial charge in [0.25, 0.3) is 0 Å². The zero-order chi connectivity index (χ0) is 25.9. The number of hydrogen-bond acceptors (Lipinski definition) is 7. The number of nitrogens with one attached hydrogen (secondary N) is 1. The first-order valence-corrected chi connectivity index (χ1v) is 11.9. The fourth-order valence-electron chi connectivity index (χ4n) is 3.49. The van der Waals surface area contributed by atoms with Gasteiger partial charge in [0.1, 0.15) is 18.1 Å². The van der Waals surface area contributed by atoms with Gasteiger partial charge in [-0.25, -0.2) is 4.68 Å². The molecule has 2 aromatic heterocycles. The van der Waals surface area contributed by atoms with Crippen LogP contribution in [0.3, 0.4) is 0 Å². The number of ether oxygens (including phenoxy) is 1. The van der Waals surface area contributed by atoms with E-state index in [2.05, 4.69) is 35.4 Å². The van der Waals surface area contributed by atoms with Crippen molar-refractivity contribution in [1.82, 2.24) is 19.8 Å². The van der Waals surface area contributed by atoms with E-state index in [0.717, 1.165) is 35.4 Å². The van der Waals surface area contributed by atoms with E-state index in [1.807, 2.05) is 31.3 Å². The molecule has 1 aliphatic rings. The van der Waals surface area contributed by atoms with E-state index in [0.29, 0.717) is 24.3 Å². The monoisotopic (exact) mass is 484 g/mol. The quantitative estimate of drug-likeness (QED) is 0.330. The molecular weight excluding hydrogens is 452 g/mol. The van der Waals surface area contributed by atoms with Gasteiger partial charge < -0.3 is 10.1 Å². The standard InChI is InChI=1S/C28H32N6O2/c1-5-16-33(30-4)19-24(6-2)34-17-13-28(35)27(32-34)20-36-25-9-10-26(29)23(18-25)8-7-21(3)22-11-14-31-15-12-22/h8-15,17-19,29H,3-7,16,20H2,1-2H3/b23-8?,24-19+,29-26?. The van der Waals surface area contributed by atoms with Crippen molar-refractivity contribution in [2.75, 3.05) is 6.54 Å². The minimum atomic E-state index is -0.202. The van der Waals surface area contributed by atoms with Gasteiger partial charge in [0, 0.05) is 44.1 Å². The van der Waals surface area contributed by atoms with E-state index in [4.69, 9.17) is 10.1 Å². The first kappa shape index (κ1) is 26.3. The zero-order valence-corrected chi connectivity index (χ0v) is 20.9. The van der Waals surface area contributed by atoms with Crippen molar-refractivity contribution in [2.24, 2.45) is 5.10 Å². The summed E-state index contributed by atoms with van der Waals surface area (Å²) in [5, 5.41) is 18.5. The molecule has 0 aromatic carbocycles. The predicted molar refractivity (Wildman–Crippen MR) is 145 cm³/mol. The van der Waals surface area contributed by atoms with Crippen LogP contribution in [-0.4, -0.2) is 38.7 Å². The van der Waals surface area contributed by atoms with Crippen molar-refractivity contribution in [2.45, 2.75) is 39.7 Å². The molecule has 0 saturated heterocycles. The summed E-state index contributed by atoms with van der Waals surface area (Å²) in [4.78, 5) is 16.5. The summed E-state index contributed by atoms with van der Waals surface area (Å²) in [6.07, 6.45) is 16.3. The van der Waals surface area contributed by atoms with E-state index in [1.54, 1.807) is 46.5 Å². The molecule has 2 heterocycles. The lowest BCUT2D eigenvalue weighted by atomic mass is 9.99. The van der Waals surface area contributed by atoms with Crippen LogP contribution in [0.15, 0.2) is 95.1 Å². The summed E-state index contributed by atoms with van der Waals surface area (Å²) in [6, 6.07) is 5.30. The first-order valence-electron chi connectivity index (χ1n) is 11.9. The Labute approximate surface area is 211 Å². The molecule has 186 valence electrons. The van der Waals surface area contributed by atoms with Crippen LogP contribution in [0.1, 0.15) is 44.4 Å². The van der Waals surface area contributed by atoms with E-state index in [9.17, 15) is 4.79 Å². The maximum absolute atomic E-state index is 12.5. The highest BCUT2D eigenvalue weighted by molar-refractivity contribution is 6.09. The molecule has 0 fully saturated rings. The lowest BCUT2D eigenvalue weighted by molar-refractivity contribution is 0.204. The Hall–Kier alpha value is -4.33. The summed E-state index contributed by atoms with van der Waals surface area (Å²) in [7, 11) is 0. The van der Waals surface area contributed by atoms with Crippen LogP contribution in [-0.2, 0) is 11.3 Å². The molecule has 0 bridgehead atoms. The molecule has 0 unspecified atom stereocenters. The van der Waals surface area contributed by atoms with Crippen LogP contribution in [0.5, 0.6) is 0 Å². The molecule has 8 heteroatoms. The third-order valence-electron chi connectivity index (χ3n) is 5.52. The number of hydrazone groups is 1. The van der Waals surface area contributed by atoms with Gasteiger partial charge in [0.15, 0.2) is 0 Å². The third kappa shape index (κ3) is 7.09. The van der Waals surface area contributed by atoms with Crippen molar-refractivity contribution < 1.29 is 4.74 Å². The van der Waals surface area contributed by atoms with E-state index < -0.39 is 0 Å². The lowest BCUT2D eigenvalue weighted by Crippen LogP contribution is -2.19. The Morgan fingerprint density at radius 2 is 2.03 bits per heavy atom. The maximum atomic E-state index is 12.5. The van der Waals surface area contributed by atoms with Crippen molar-refractivity contribution in [3.8, 4) is 0 Å². The van der Waals surface area contributed by atoms with Crippen LogP contribution in [0.25, 0.3) is 11.3 Å². The fourth-order valence-corrected chi connectivity index (χ4v) is 3.49. The largest absolute Gasteiger partial charge is 0.487 e. The second-order valence-corrected chi connectivity index (χ2v) is 8.14. The third-order valence-corrected chi connectivity index (χ3v) is 5.52. The van der Waals surface area contributed by atoms with Gasteiger partial charge in [-0.3, -0.25) is 14.8 Å². The summed E-state index contributed by atoms with van der Waals surface area (Å²) in [5.74, 6) is 0.555. The number of aromatic nitrogens is 3. The second-order valence-electron chi connectivity index (χ2n) is 8.14. The summed E-state index contributed by atoms with van der Waals surface area (Å²) >= 11 is 0. The fraction of sp³-hybridized carbons (Fsp3) is 0.250. The molecule has 1 N–H and O–H groups in total. The molecule has 0 spiro atoms. The molecule has 0 aliphatic heterocycles. The number of pyridine rings is 1. The van der Waals surface area contributed by atoms with E-state index >= 15 is 0 Å². The maximum Gasteiger partial charge on any atom is 0.206 e. The van der Waals surface area contributed by atoms with Crippen molar-refractivity contribution in [3.63, 3.8) is 0 Å². The Morgan fingerprint density at radius 1 is 1.25 bits per heavy atom. The average molecular weight is 485 g/mol. The number of allylic oxidation sites excluding steroid dienone is 7. The summed E-state index contributed by atoms with van der Waals surface area (Å²) in [6.45, 7) is 12.6. The first-order chi connectivity index (χ1) is 17.4. The van der Waals surface area contributed by atoms with Crippen LogP contribution < -0.4 is 5.43 Å². The molecule has 36 heavy (non-hydrogen) atoms. The smallest absolute Gasteiger partial charge is 0.206 e. The molecule has 2 aromatic rings. The Balaban J connectivity index is 1.73. The Morgan fingerprint density at radius 3 is 2.72 bits per heavy atom. The number of nitrogens with zero attached hydrogens (tertiary/aromatic N) is 5. The number of rotatable bonds is 12. The van der Waals surface area contributed by atoms with Crippen molar-refractivity contribution >= 4 is 23.7 Å². The normalized spacial score (nSPS) is 14.5. The predicted octanol–water partition coefficient (Wildman–Crippen LogP) is 5.19. The van der Waals surface area contributed by atoms with E-state index in [1.165, 1.54) is 6.07 Å². The zero-order valence-electron chi connectivity index (χ0n) is 20.9. The highest BCUT2D eigenvalue weighted by atomic mass is 16.5. The number of hydrogen-bond donors (Lipinski definition) is 1. The lowest BCUT2D eigenvalue weighted by Gasteiger charge is -2.17. The second kappa shape index (κ2) is 12.9. The van der Waals surface area contributed by atoms with Gasteiger partial charge in [-0.1, -0.05) is 26.5 Å². The van der Waals surface area contributed by atoms with Gasteiger partial charge in [0.05, 0.1) is 11.4 Å². The Bertz CT molecular complexity index is 1280. The van der Waals surface area contributed by atoms with Crippen LogP contribution in [0, 0.1) is 5.41 Å². The molecule has 0 atom stereocenters. The van der Waals surface area contributed by atoms with Crippen LogP contribution >= 0.6 is 0 Å². The van der Waals surface area contributed by atoms with E-state index in [-0.39, 0.29) is 17.7 Å². The molecule has 3 rings (SSSR count). The summed E-state index contributed by atoms with van der Waals surface area (Å²) in [5.41, 5.74) is 4.01. The highest BCUT2D eigenvalue weighted by Crippen LogP contribution is 2.20. The van der Waals surface area contributed by atoms with Gasteiger partial charge in [-0.2, -0.15) is 10.2 Å². The average Bonchev–Trinajstić information content (AvgIpc) is 2.91. The minimum absolute atomic E-state index is 0.00948.